The first-order chi connectivity index (χ1) is 17.4. The zero-order valence-corrected chi connectivity index (χ0v) is 21.0. The molecule has 1 nitrogen and oxygen atoms in total. The summed E-state index contributed by atoms with van der Waals surface area (Å²) in [6, 6.07) is 12.8. The molecule has 0 amide bonds. The van der Waals surface area contributed by atoms with Crippen molar-refractivity contribution in [1.82, 2.24) is 0 Å². The summed E-state index contributed by atoms with van der Waals surface area (Å²) < 4.78 is 58.4. The summed E-state index contributed by atoms with van der Waals surface area (Å²) in [5.41, 5.74) is 1.71. The van der Waals surface area contributed by atoms with E-state index in [0.29, 0.717) is 5.39 Å². The summed E-state index contributed by atoms with van der Waals surface area (Å²) in [5.74, 6) is -0.262. The average molecular weight is 501 g/mol. The minimum atomic E-state index is -3.12. The van der Waals surface area contributed by atoms with Gasteiger partial charge in [0.05, 0.1) is 0 Å². The Kier molecular flexibility index (Phi) is 9.28. The van der Waals surface area contributed by atoms with E-state index in [1.165, 1.54) is 75.8 Å². The number of hydrogen-bond donors (Lipinski definition) is 0. The maximum Gasteiger partial charge on any atom is 0.387 e. The van der Waals surface area contributed by atoms with E-state index in [2.05, 4.69) is 11.7 Å². The van der Waals surface area contributed by atoms with E-state index in [4.69, 9.17) is 0 Å². The van der Waals surface area contributed by atoms with E-state index in [9.17, 15) is 13.2 Å². The molecule has 4 rings (SSSR count). The smallest absolute Gasteiger partial charge is 0.387 e. The van der Waals surface area contributed by atoms with Crippen LogP contribution in [0, 0.1) is 23.5 Å². The van der Waals surface area contributed by atoms with Crippen LogP contribution in [0.1, 0.15) is 76.7 Å². The first-order valence-corrected chi connectivity index (χ1v) is 13.4. The van der Waals surface area contributed by atoms with Gasteiger partial charge in [0.2, 0.25) is 0 Å². The van der Waals surface area contributed by atoms with Crippen LogP contribution in [0.15, 0.2) is 48.5 Å². The highest BCUT2D eigenvalue weighted by atomic mass is 19.3. The Labute approximate surface area is 211 Å². The highest BCUT2D eigenvalue weighted by molar-refractivity contribution is 5.88. The SMILES string of the molecule is CCCCCC[C@H]1CC[C@H](CCc2ccc3c(F)c(-c4ccc(OC(F)F)c(F)c4)ccc3c2)CC1. The molecule has 0 bridgehead atoms. The molecule has 0 unspecified atom stereocenters. The van der Waals surface area contributed by atoms with Crippen molar-refractivity contribution in [1.29, 1.82) is 0 Å². The van der Waals surface area contributed by atoms with Gasteiger partial charge in [0, 0.05) is 10.9 Å². The fraction of sp³-hybridized carbons (Fsp3) is 0.484. The summed E-state index contributed by atoms with van der Waals surface area (Å²) in [6.45, 7) is -0.859. The molecule has 194 valence electrons. The molecule has 3 aromatic rings. The molecule has 1 aliphatic carbocycles. The van der Waals surface area contributed by atoms with E-state index < -0.39 is 24.0 Å². The van der Waals surface area contributed by atoms with Gasteiger partial charge in [-0.15, -0.1) is 0 Å². The fourth-order valence-electron chi connectivity index (χ4n) is 5.62. The van der Waals surface area contributed by atoms with Crippen molar-refractivity contribution in [3.63, 3.8) is 0 Å². The monoisotopic (exact) mass is 500 g/mol. The Morgan fingerprint density at radius 2 is 1.58 bits per heavy atom. The maximum absolute atomic E-state index is 15.3. The number of halogens is 4. The molecule has 1 fully saturated rings. The third-order valence-electron chi connectivity index (χ3n) is 7.75. The molecule has 36 heavy (non-hydrogen) atoms. The molecule has 0 aliphatic heterocycles. The number of benzene rings is 3. The van der Waals surface area contributed by atoms with E-state index in [0.717, 1.165) is 35.8 Å². The standard InChI is InChI=1S/C31H36F4O/c1-2-3-4-5-6-21-7-9-22(10-8-21)11-12-23-13-16-26-24(19-23)14-17-27(30(26)33)25-15-18-29(28(32)20-25)36-31(34)35/h13-22,31H,2-12H2,1H3/t21-,22-. The zero-order chi connectivity index (χ0) is 25.5. The lowest BCUT2D eigenvalue weighted by Crippen LogP contribution is -2.15. The van der Waals surface area contributed by atoms with Gasteiger partial charge in [-0.1, -0.05) is 101 Å². The molecule has 0 atom stereocenters. The van der Waals surface area contributed by atoms with Crippen LogP contribution in [0.4, 0.5) is 17.6 Å². The van der Waals surface area contributed by atoms with E-state index in [-0.39, 0.29) is 11.1 Å². The van der Waals surface area contributed by atoms with Crippen molar-refractivity contribution < 1.29 is 22.3 Å². The number of aryl methyl sites for hydroxylation is 1. The summed E-state index contributed by atoms with van der Waals surface area (Å²) in [7, 11) is 0. The second-order valence-corrected chi connectivity index (χ2v) is 10.3. The van der Waals surface area contributed by atoms with Crippen LogP contribution in [0.2, 0.25) is 0 Å². The van der Waals surface area contributed by atoms with E-state index in [1.807, 2.05) is 18.2 Å². The molecular weight excluding hydrogens is 464 g/mol. The summed E-state index contributed by atoms with van der Waals surface area (Å²) in [4.78, 5) is 0. The molecule has 0 heterocycles. The molecule has 0 spiro atoms. The van der Waals surface area contributed by atoms with E-state index >= 15 is 4.39 Å². The van der Waals surface area contributed by atoms with Gasteiger partial charge in [0.15, 0.2) is 11.6 Å². The van der Waals surface area contributed by atoms with Gasteiger partial charge in [-0.05, 0) is 53.3 Å². The third-order valence-corrected chi connectivity index (χ3v) is 7.75. The molecule has 0 N–H and O–H groups in total. The average Bonchev–Trinajstić information content (AvgIpc) is 2.87. The number of ether oxygens (including phenoxy) is 1. The van der Waals surface area contributed by atoms with Gasteiger partial charge < -0.3 is 4.74 Å². The van der Waals surface area contributed by atoms with Crippen LogP contribution in [0.25, 0.3) is 21.9 Å². The van der Waals surface area contributed by atoms with Gasteiger partial charge in [-0.2, -0.15) is 8.78 Å². The van der Waals surface area contributed by atoms with Crippen LogP contribution in [-0.2, 0) is 6.42 Å². The zero-order valence-electron chi connectivity index (χ0n) is 21.0. The maximum atomic E-state index is 15.3. The summed E-state index contributed by atoms with van der Waals surface area (Å²) >= 11 is 0. The topological polar surface area (TPSA) is 9.23 Å². The fourth-order valence-corrected chi connectivity index (χ4v) is 5.62. The van der Waals surface area contributed by atoms with Crippen LogP contribution >= 0.6 is 0 Å². The van der Waals surface area contributed by atoms with E-state index in [1.54, 1.807) is 12.1 Å². The third kappa shape index (κ3) is 6.80. The molecule has 0 saturated heterocycles. The van der Waals surface area contributed by atoms with Crippen molar-refractivity contribution >= 4 is 10.8 Å². The van der Waals surface area contributed by atoms with Crippen molar-refractivity contribution in [3.05, 3.63) is 65.7 Å². The van der Waals surface area contributed by atoms with Crippen molar-refractivity contribution in [2.45, 2.75) is 84.2 Å². The van der Waals surface area contributed by atoms with Gasteiger partial charge >= 0.3 is 6.61 Å². The molecule has 0 aromatic heterocycles. The number of hydrogen-bond acceptors (Lipinski definition) is 1. The predicted molar refractivity (Wildman–Crippen MR) is 138 cm³/mol. The highest BCUT2D eigenvalue weighted by Crippen LogP contribution is 2.35. The van der Waals surface area contributed by atoms with Crippen LogP contribution in [0.3, 0.4) is 0 Å². The first-order valence-electron chi connectivity index (χ1n) is 13.4. The highest BCUT2D eigenvalue weighted by Gasteiger charge is 2.21. The Balaban J connectivity index is 1.36. The lowest BCUT2D eigenvalue weighted by molar-refractivity contribution is -0.0521. The van der Waals surface area contributed by atoms with Crippen molar-refractivity contribution in [3.8, 4) is 16.9 Å². The molecule has 1 saturated carbocycles. The number of fused-ring (bicyclic) bond motifs is 1. The van der Waals surface area contributed by atoms with Crippen molar-refractivity contribution in [2.75, 3.05) is 0 Å². The quantitative estimate of drug-likeness (QED) is 0.188. The lowest BCUT2D eigenvalue weighted by Gasteiger charge is -2.28. The Morgan fingerprint density at radius 1 is 0.833 bits per heavy atom. The van der Waals surface area contributed by atoms with Crippen LogP contribution < -0.4 is 4.74 Å². The Morgan fingerprint density at radius 3 is 2.28 bits per heavy atom. The lowest BCUT2D eigenvalue weighted by atomic mass is 9.77. The van der Waals surface area contributed by atoms with Gasteiger partial charge in [-0.3, -0.25) is 0 Å². The van der Waals surface area contributed by atoms with Gasteiger partial charge in [0.25, 0.3) is 0 Å². The van der Waals surface area contributed by atoms with Crippen molar-refractivity contribution in [2.24, 2.45) is 11.8 Å². The normalized spacial score (nSPS) is 18.2. The van der Waals surface area contributed by atoms with Crippen LogP contribution in [-0.4, -0.2) is 6.61 Å². The molecular formula is C31H36F4O. The number of unbranched alkanes of at least 4 members (excludes halogenated alkanes) is 3. The number of alkyl halides is 2. The van der Waals surface area contributed by atoms with Gasteiger partial charge in [-0.25, -0.2) is 8.78 Å². The number of rotatable bonds is 11. The predicted octanol–water partition coefficient (Wildman–Crippen LogP) is 10.1. The largest absolute Gasteiger partial charge is 0.432 e. The summed E-state index contributed by atoms with van der Waals surface area (Å²) in [5, 5.41) is 1.27. The second kappa shape index (κ2) is 12.6. The molecule has 0 radical (unpaired) electrons. The Hall–Kier alpha value is -2.56. The Bertz CT molecular complexity index is 1130. The summed E-state index contributed by atoms with van der Waals surface area (Å²) in [6.07, 6.45) is 14.3. The van der Waals surface area contributed by atoms with Crippen LogP contribution in [0.5, 0.6) is 5.75 Å². The molecule has 1 aliphatic rings. The molecule has 3 aromatic carbocycles. The second-order valence-electron chi connectivity index (χ2n) is 10.3. The minimum Gasteiger partial charge on any atom is -0.432 e. The molecule has 5 heteroatoms. The van der Waals surface area contributed by atoms with Gasteiger partial charge in [0.1, 0.15) is 5.82 Å². The first kappa shape index (κ1) is 26.5. The minimum absolute atomic E-state index is 0.226.